The van der Waals surface area contributed by atoms with Gasteiger partial charge in [0, 0.05) is 18.1 Å². The molecule has 248 valence electrons. The van der Waals surface area contributed by atoms with Gasteiger partial charge in [-0.1, -0.05) is 52.0 Å². The van der Waals surface area contributed by atoms with Crippen LogP contribution in [0.5, 0.6) is 5.75 Å². The van der Waals surface area contributed by atoms with Gasteiger partial charge in [0.1, 0.15) is 17.4 Å². The Bertz CT molecular complexity index is 1620. The summed E-state index contributed by atoms with van der Waals surface area (Å²) in [4.78, 5) is 43.8. The third-order valence-corrected chi connectivity index (χ3v) is 10.5. The SMILES string of the molecule is CC(C)CC(NC(=O)c1cc2cc(OCCC3CCCCC3)ccc2o1)C(=O)N[C@H]1CCCN(S(=O)(=O)c2ccccn2)CC1=O. The van der Waals surface area contributed by atoms with E-state index in [9.17, 15) is 22.8 Å². The van der Waals surface area contributed by atoms with E-state index in [2.05, 4.69) is 15.6 Å². The minimum Gasteiger partial charge on any atom is -0.494 e. The Hall–Kier alpha value is -3.77. The predicted octanol–water partition coefficient (Wildman–Crippen LogP) is 4.86. The fourth-order valence-corrected chi connectivity index (χ4v) is 7.61. The molecule has 12 heteroatoms. The highest BCUT2D eigenvalue weighted by Gasteiger charge is 2.35. The van der Waals surface area contributed by atoms with Crippen molar-refractivity contribution in [3.63, 3.8) is 0 Å². The van der Waals surface area contributed by atoms with Gasteiger partial charge in [-0.2, -0.15) is 4.31 Å². The number of rotatable bonds is 12. The molecule has 2 aliphatic rings. The zero-order valence-corrected chi connectivity index (χ0v) is 27.4. The number of sulfonamides is 1. The number of pyridine rings is 1. The topological polar surface area (TPSA) is 148 Å². The Balaban J connectivity index is 1.20. The van der Waals surface area contributed by atoms with E-state index in [0.29, 0.717) is 30.8 Å². The lowest BCUT2D eigenvalue weighted by atomic mass is 9.87. The van der Waals surface area contributed by atoms with Gasteiger partial charge in [-0.3, -0.25) is 14.4 Å². The zero-order valence-electron chi connectivity index (χ0n) is 26.6. The number of carbonyl (C=O) groups is 3. The van der Waals surface area contributed by atoms with E-state index in [4.69, 9.17) is 9.15 Å². The number of carbonyl (C=O) groups excluding carboxylic acids is 3. The summed E-state index contributed by atoms with van der Waals surface area (Å²) >= 11 is 0. The van der Waals surface area contributed by atoms with Crippen LogP contribution in [-0.4, -0.2) is 67.1 Å². The van der Waals surface area contributed by atoms with Gasteiger partial charge in [-0.15, -0.1) is 0 Å². The molecule has 1 saturated heterocycles. The molecule has 3 heterocycles. The van der Waals surface area contributed by atoms with Gasteiger partial charge in [-0.25, -0.2) is 13.4 Å². The minimum atomic E-state index is -3.96. The van der Waals surface area contributed by atoms with Gasteiger partial charge < -0.3 is 19.8 Å². The Morgan fingerprint density at radius 3 is 2.61 bits per heavy atom. The van der Waals surface area contributed by atoms with Crippen LogP contribution in [-0.2, 0) is 19.6 Å². The monoisotopic (exact) mass is 652 g/mol. The molecule has 2 amide bonds. The smallest absolute Gasteiger partial charge is 0.287 e. The number of ether oxygens (including phenoxy) is 1. The van der Waals surface area contributed by atoms with E-state index in [-0.39, 0.29) is 36.2 Å². The van der Waals surface area contributed by atoms with Crippen LogP contribution in [0, 0.1) is 11.8 Å². The lowest BCUT2D eigenvalue weighted by Crippen LogP contribution is -2.52. The van der Waals surface area contributed by atoms with Crippen LogP contribution in [0.15, 0.2) is 58.1 Å². The molecule has 1 saturated carbocycles. The molecular formula is C34H44N4O7S. The van der Waals surface area contributed by atoms with E-state index < -0.39 is 39.7 Å². The maximum absolute atomic E-state index is 13.4. The van der Waals surface area contributed by atoms with Crippen LogP contribution in [0.25, 0.3) is 11.0 Å². The van der Waals surface area contributed by atoms with Crippen molar-refractivity contribution in [3.8, 4) is 5.75 Å². The molecule has 1 unspecified atom stereocenters. The average Bonchev–Trinajstić information content (AvgIpc) is 3.38. The number of aromatic nitrogens is 1. The number of ketones is 1. The standard InChI is InChI=1S/C34H44N4O7S/c1-23(2)19-28(33(40)36-27-11-8-17-38(22-29(27)39)46(42,43)32-12-6-7-16-35-32)37-34(41)31-21-25-20-26(13-14-30(25)45-31)44-18-15-24-9-4-3-5-10-24/h6-7,12-14,16,20-21,23-24,27-28H,3-5,8-11,15,17-19,22H2,1-2H3,(H,36,40)(H,37,41)/t27-,28?/m0/s1. The molecule has 0 radical (unpaired) electrons. The van der Waals surface area contributed by atoms with Crippen LogP contribution >= 0.6 is 0 Å². The molecule has 1 aliphatic carbocycles. The van der Waals surface area contributed by atoms with Crippen molar-refractivity contribution < 1.29 is 32.0 Å². The second-order valence-electron chi connectivity index (χ2n) is 12.8. The summed E-state index contributed by atoms with van der Waals surface area (Å²) in [6.45, 7) is 4.26. The molecule has 11 nitrogen and oxygen atoms in total. The number of furan rings is 1. The normalized spacial score (nSPS) is 19.1. The van der Waals surface area contributed by atoms with Gasteiger partial charge in [0.25, 0.3) is 15.9 Å². The Kier molecular flexibility index (Phi) is 11.1. The number of nitrogens with zero attached hydrogens (tertiary/aromatic N) is 2. The molecule has 2 fully saturated rings. The number of hydrogen-bond acceptors (Lipinski definition) is 8. The second-order valence-corrected chi connectivity index (χ2v) is 14.7. The number of Topliss-reactive ketones (excluding diaryl/α,β-unsaturated/α-hetero) is 1. The first-order valence-electron chi connectivity index (χ1n) is 16.3. The largest absolute Gasteiger partial charge is 0.494 e. The first-order chi connectivity index (χ1) is 22.1. The molecule has 1 aromatic carbocycles. The lowest BCUT2D eigenvalue weighted by molar-refractivity contribution is -0.129. The van der Waals surface area contributed by atoms with Crippen molar-refractivity contribution in [1.82, 2.24) is 19.9 Å². The van der Waals surface area contributed by atoms with Crippen molar-refractivity contribution in [2.45, 2.75) is 88.7 Å². The molecule has 2 aromatic heterocycles. The third kappa shape index (κ3) is 8.52. The van der Waals surface area contributed by atoms with Crippen LogP contribution in [0.1, 0.15) is 82.2 Å². The summed E-state index contributed by atoms with van der Waals surface area (Å²) in [5, 5.41) is 6.15. The number of benzene rings is 1. The molecule has 1 aliphatic heterocycles. The molecule has 0 bridgehead atoms. The van der Waals surface area contributed by atoms with Crippen LogP contribution in [0.2, 0.25) is 0 Å². The molecular weight excluding hydrogens is 608 g/mol. The van der Waals surface area contributed by atoms with Crippen molar-refractivity contribution in [1.29, 1.82) is 0 Å². The summed E-state index contributed by atoms with van der Waals surface area (Å²) in [7, 11) is -3.96. The second kappa shape index (κ2) is 15.2. The van der Waals surface area contributed by atoms with Crippen molar-refractivity contribution in [2.24, 2.45) is 11.8 Å². The van der Waals surface area contributed by atoms with Crippen molar-refractivity contribution >= 4 is 38.6 Å². The Morgan fingerprint density at radius 2 is 1.87 bits per heavy atom. The van der Waals surface area contributed by atoms with Crippen molar-refractivity contribution in [3.05, 3.63) is 54.4 Å². The molecule has 2 N–H and O–H groups in total. The first-order valence-corrected chi connectivity index (χ1v) is 17.8. The summed E-state index contributed by atoms with van der Waals surface area (Å²) in [6, 6.07) is 9.85. The Morgan fingerprint density at radius 1 is 1.07 bits per heavy atom. The summed E-state index contributed by atoms with van der Waals surface area (Å²) < 4.78 is 39.0. The molecule has 0 spiro atoms. The van der Waals surface area contributed by atoms with Crippen LogP contribution in [0.4, 0.5) is 0 Å². The van der Waals surface area contributed by atoms with Gasteiger partial charge in [0.2, 0.25) is 5.91 Å². The van der Waals surface area contributed by atoms with Gasteiger partial charge in [-0.05, 0) is 73.9 Å². The summed E-state index contributed by atoms with van der Waals surface area (Å²) in [6.07, 6.45) is 9.86. The first kappa shape index (κ1) is 33.6. The van der Waals surface area contributed by atoms with E-state index >= 15 is 0 Å². The maximum Gasteiger partial charge on any atom is 0.287 e. The molecule has 3 aromatic rings. The molecule has 2 atom stereocenters. The fraction of sp³-hybridized carbons (Fsp3) is 0.529. The van der Waals surface area contributed by atoms with Gasteiger partial charge in [0.15, 0.2) is 16.6 Å². The van der Waals surface area contributed by atoms with E-state index in [1.807, 2.05) is 26.0 Å². The van der Waals surface area contributed by atoms with E-state index in [1.165, 1.54) is 44.4 Å². The maximum atomic E-state index is 13.4. The number of amides is 2. The lowest BCUT2D eigenvalue weighted by Gasteiger charge is -2.23. The van der Waals surface area contributed by atoms with Gasteiger partial charge in [0.05, 0.1) is 19.2 Å². The predicted molar refractivity (Wildman–Crippen MR) is 173 cm³/mol. The van der Waals surface area contributed by atoms with Gasteiger partial charge >= 0.3 is 0 Å². The zero-order chi connectivity index (χ0) is 32.7. The van der Waals surface area contributed by atoms with Crippen LogP contribution in [0.3, 0.4) is 0 Å². The Labute approximate surface area is 270 Å². The highest BCUT2D eigenvalue weighted by molar-refractivity contribution is 7.89. The van der Waals surface area contributed by atoms with Crippen LogP contribution < -0.4 is 15.4 Å². The van der Waals surface area contributed by atoms with E-state index in [1.54, 1.807) is 24.3 Å². The van der Waals surface area contributed by atoms with E-state index in [0.717, 1.165) is 22.0 Å². The third-order valence-electron chi connectivity index (χ3n) is 8.74. The summed E-state index contributed by atoms with van der Waals surface area (Å²) in [5.41, 5.74) is 0.531. The summed E-state index contributed by atoms with van der Waals surface area (Å²) in [5.74, 6) is 0.0894. The van der Waals surface area contributed by atoms with Crippen molar-refractivity contribution in [2.75, 3.05) is 19.7 Å². The number of hydrogen-bond donors (Lipinski definition) is 2. The fourth-order valence-electron chi connectivity index (χ4n) is 6.23. The average molecular weight is 653 g/mol. The minimum absolute atomic E-state index is 0.0592. The highest BCUT2D eigenvalue weighted by Crippen LogP contribution is 2.28. The quantitative estimate of drug-likeness (QED) is 0.282. The number of nitrogens with one attached hydrogen (secondary N) is 2. The highest BCUT2D eigenvalue weighted by atomic mass is 32.2. The molecule has 46 heavy (non-hydrogen) atoms. The number of fused-ring (bicyclic) bond motifs is 1. The molecule has 5 rings (SSSR count).